The maximum atomic E-state index is 13.0. The number of piperazine rings is 1. The number of aromatic amines is 1. The first-order chi connectivity index (χ1) is 28.2. The molecule has 3 fully saturated rings. The number of piperidine rings is 1. The number of aromatic nitrogens is 4. The lowest BCUT2D eigenvalue weighted by atomic mass is 10.0. The predicted octanol–water partition coefficient (Wildman–Crippen LogP) is 2.99. The van der Waals surface area contributed by atoms with Crippen molar-refractivity contribution in [1.29, 1.82) is 0 Å². The van der Waals surface area contributed by atoms with Crippen molar-refractivity contribution >= 4 is 40.3 Å². The number of carbonyl (C=O) groups excluding carboxylic acids is 4. The van der Waals surface area contributed by atoms with Crippen LogP contribution in [0.2, 0.25) is 0 Å². The van der Waals surface area contributed by atoms with Crippen LogP contribution in [0.1, 0.15) is 60.2 Å². The molecule has 1 unspecified atom stereocenters. The predicted molar refractivity (Wildman–Crippen MR) is 210 cm³/mol. The molecule has 17 heteroatoms. The van der Waals surface area contributed by atoms with Crippen LogP contribution in [-0.4, -0.2) is 144 Å². The number of benzene rings is 2. The number of anilines is 1. The van der Waals surface area contributed by atoms with Gasteiger partial charge in [-0.3, -0.25) is 39.4 Å². The molecular weight excluding hydrogens is 748 g/mol. The van der Waals surface area contributed by atoms with Crippen molar-refractivity contribution in [2.75, 3.05) is 77.3 Å². The molecule has 0 radical (unpaired) electrons. The van der Waals surface area contributed by atoms with Gasteiger partial charge in [0.1, 0.15) is 47.6 Å². The maximum absolute atomic E-state index is 13.0. The number of amides is 4. The Bertz CT molecular complexity index is 2170. The van der Waals surface area contributed by atoms with E-state index < -0.39 is 29.7 Å². The highest BCUT2D eigenvalue weighted by atomic mass is 16.6. The summed E-state index contributed by atoms with van der Waals surface area (Å²) in [5, 5.41) is 10.9. The molecule has 0 spiro atoms. The third-order valence-electron chi connectivity index (χ3n) is 11.0. The molecule has 1 saturated carbocycles. The lowest BCUT2D eigenvalue weighted by Crippen LogP contribution is -2.54. The van der Waals surface area contributed by atoms with E-state index in [1.807, 2.05) is 24.3 Å². The molecule has 4 aromatic rings. The average Bonchev–Trinajstić information content (AvgIpc) is 3.70. The molecule has 3 aliphatic heterocycles. The Morgan fingerprint density at radius 1 is 0.828 bits per heavy atom. The van der Waals surface area contributed by atoms with Gasteiger partial charge in [0, 0.05) is 50.1 Å². The van der Waals surface area contributed by atoms with Gasteiger partial charge in [-0.2, -0.15) is 5.10 Å². The Morgan fingerprint density at radius 3 is 2.33 bits per heavy atom. The van der Waals surface area contributed by atoms with E-state index in [-0.39, 0.29) is 36.2 Å². The highest BCUT2D eigenvalue weighted by Crippen LogP contribution is 2.40. The van der Waals surface area contributed by atoms with Gasteiger partial charge in [0.2, 0.25) is 11.8 Å². The number of nitrogens with one attached hydrogen (secondary N) is 2. The van der Waals surface area contributed by atoms with Gasteiger partial charge >= 0.3 is 0 Å². The second-order valence-corrected chi connectivity index (χ2v) is 15.3. The fraction of sp³-hybridized carbons (Fsp3) is 0.488. The van der Waals surface area contributed by atoms with Crippen LogP contribution in [0.25, 0.3) is 22.3 Å². The summed E-state index contributed by atoms with van der Waals surface area (Å²) in [5.74, 6) is -0.0730. The third kappa shape index (κ3) is 8.82. The van der Waals surface area contributed by atoms with Crippen LogP contribution in [-0.2, 0) is 23.8 Å². The van der Waals surface area contributed by atoms with Gasteiger partial charge in [-0.05, 0) is 69.5 Å². The molecule has 58 heavy (non-hydrogen) atoms. The highest BCUT2D eigenvalue weighted by molar-refractivity contribution is 6.23. The molecule has 4 amide bonds. The van der Waals surface area contributed by atoms with Crippen LogP contribution >= 0.6 is 0 Å². The Balaban J connectivity index is 0.685. The van der Waals surface area contributed by atoms with Crippen LogP contribution in [0.3, 0.4) is 0 Å². The van der Waals surface area contributed by atoms with Crippen molar-refractivity contribution in [1.82, 2.24) is 35.3 Å². The van der Waals surface area contributed by atoms with Crippen molar-refractivity contribution in [3.05, 3.63) is 59.9 Å². The van der Waals surface area contributed by atoms with E-state index in [0.717, 1.165) is 77.8 Å². The zero-order chi connectivity index (χ0) is 40.2. The zero-order valence-electron chi connectivity index (χ0n) is 32.7. The van der Waals surface area contributed by atoms with E-state index in [1.54, 1.807) is 12.4 Å². The quantitative estimate of drug-likeness (QED) is 0.110. The second-order valence-electron chi connectivity index (χ2n) is 15.3. The van der Waals surface area contributed by atoms with E-state index >= 15 is 0 Å². The average molecular weight is 797 g/mol. The molecule has 2 aromatic carbocycles. The molecule has 2 saturated heterocycles. The number of nitrogens with zero attached hydrogens (tertiary/aromatic N) is 6. The second kappa shape index (κ2) is 17.2. The normalized spacial score (nSPS) is 20.4. The van der Waals surface area contributed by atoms with Crippen molar-refractivity contribution in [3.8, 4) is 22.9 Å². The van der Waals surface area contributed by atoms with Gasteiger partial charge < -0.3 is 28.6 Å². The van der Waals surface area contributed by atoms with E-state index in [2.05, 4.69) is 49.1 Å². The molecule has 2 atom stereocenters. The van der Waals surface area contributed by atoms with Gasteiger partial charge in [-0.15, -0.1) is 0 Å². The number of hydrogen-bond donors (Lipinski definition) is 2. The van der Waals surface area contributed by atoms with Crippen LogP contribution in [0.15, 0.2) is 48.8 Å². The molecule has 2 N–H and O–H groups in total. The van der Waals surface area contributed by atoms with Crippen molar-refractivity contribution < 1.29 is 42.9 Å². The minimum absolute atomic E-state index is 0.0590. The molecule has 0 bridgehead atoms. The Labute approximate surface area is 335 Å². The lowest BCUT2D eigenvalue weighted by Gasteiger charge is -2.40. The Hall–Kier alpha value is -5.49. The number of imide groups is 2. The highest BCUT2D eigenvalue weighted by Gasteiger charge is 2.45. The van der Waals surface area contributed by atoms with Crippen LogP contribution in [0, 0.1) is 0 Å². The van der Waals surface area contributed by atoms with Crippen LogP contribution in [0.4, 0.5) is 5.82 Å². The van der Waals surface area contributed by atoms with E-state index in [9.17, 15) is 19.2 Å². The molecule has 8 rings (SSSR count). The van der Waals surface area contributed by atoms with E-state index in [4.69, 9.17) is 23.7 Å². The fourth-order valence-corrected chi connectivity index (χ4v) is 7.48. The standard InChI is InChI=1S/C41H48N8O9/c1-26-24-48(35-23-33(42-25-43-35)37-31-22-28(58-41(2)9-10-41)4-6-32(31)45-46-37)12-11-47(26)13-14-54-15-16-55-17-18-56-19-20-57-27-3-5-29-30(21-27)40(53)49(39(29)52)34-7-8-36(50)44-38(34)51/h3-6,21-23,25-26,34H,7-20,24H2,1-2H3,(H,45,46)(H,44,50,51)/t26-,34?/m0/s1. The third-order valence-corrected chi connectivity index (χ3v) is 11.0. The number of H-pyrrole nitrogens is 1. The number of hydrogen-bond acceptors (Lipinski definition) is 14. The monoisotopic (exact) mass is 796 g/mol. The Kier molecular flexibility index (Phi) is 11.6. The summed E-state index contributed by atoms with van der Waals surface area (Å²) in [6, 6.07) is 12.0. The van der Waals surface area contributed by atoms with Gasteiger partial charge in [0.25, 0.3) is 11.8 Å². The topological polar surface area (TPSA) is 191 Å². The summed E-state index contributed by atoms with van der Waals surface area (Å²) < 4.78 is 29.0. The molecule has 5 heterocycles. The smallest absolute Gasteiger partial charge is 0.262 e. The maximum Gasteiger partial charge on any atom is 0.262 e. The van der Waals surface area contributed by atoms with Crippen LogP contribution < -0.4 is 19.7 Å². The first kappa shape index (κ1) is 39.3. The molecule has 17 nitrogen and oxygen atoms in total. The molecule has 1 aliphatic carbocycles. The zero-order valence-corrected chi connectivity index (χ0v) is 32.7. The van der Waals surface area contributed by atoms with Crippen molar-refractivity contribution in [2.24, 2.45) is 0 Å². The summed E-state index contributed by atoms with van der Waals surface area (Å²) in [6.07, 6.45) is 3.92. The van der Waals surface area contributed by atoms with Crippen molar-refractivity contribution in [3.63, 3.8) is 0 Å². The number of ether oxygens (including phenoxy) is 5. The lowest BCUT2D eigenvalue weighted by molar-refractivity contribution is -0.136. The van der Waals surface area contributed by atoms with E-state index in [0.29, 0.717) is 51.4 Å². The Morgan fingerprint density at radius 2 is 1.57 bits per heavy atom. The number of fused-ring (bicyclic) bond motifs is 2. The largest absolute Gasteiger partial charge is 0.491 e. The minimum atomic E-state index is -1.01. The summed E-state index contributed by atoms with van der Waals surface area (Å²) in [5.41, 5.74) is 2.80. The molecule has 2 aromatic heterocycles. The number of rotatable bonds is 18. The SMILES string of the molecule is C[C@H]1CN(c2cc(-c3n[nH]c4ccc(OC5(C)CC5)cc34)ncn2)CCN1CCOCCOCCOCCOc1ccc2c(c1)C(=O)N(C1CCC(=O)NC1=O)C2=O. The number of carbonyl (C=O) groups is 4. The van der Waals surface area contributed by atoms with E-state index in [1.165, 1.54) is 12.1 Å². The summed E-state index contributed by atoms with van der Waals surface area (Å²) >= 11 is 0. The van der Waals surface area contributed by atoms with Crippen molar-refractivity contribution in [2.45, 2.75) is 57.2 Å². The van der Waals surface area contributed by atoms with Gasteiger partial charge in [-0.25, -0.2) is 9.97 Å². The van der Waals surface area contributed by atoms with Gasteiger partial charge in [0.05, 0.1) is 62.0 Å². The van der Waals surface area contributed by atoms with Crippen LogP contribution in [0.5, 0.6) is 11.5 Å². The van der Waals surface area contributed by atoms with Gasteiger partial charge in [0.15, 0.2) is 0 Å². The summed E-state index contributed by atoms with van der Waals surface area (Å²) in [7, 11) is 0. The van der Waals surface area contributed by atoms with Gasteiger partial charge in [-0.1, -0.05) is 0 Å². The molecule has 306 valence electrons. The molecular formula is C41H48N8O9. The fourth-order valence-electron chi connectivity index (χ4n) is 7.48. The minimum Gasteiger partial charge on any atom is -0.491 e. The first-order valence-corrected chi connectivity index (χ1v) is 19.9. The summed E-state index contributed by atoms with van der Waals surface area (Å²) in [6.45, 7) is 10.6. The molecule has 4 aliphatic rings. The first-order valence-electron chi connectivity index (χ1n) is 19.9. The summed E-state index contributed by atoms with van der Waals surface area (Å²) in [4.78, 5) is 64.5.